The molecular weight excluding hydrogens is 193 g/mol. The summed E-state index contributed by atoms with van der Waals surface area (Å²) in [7, 11) is 0. The maximum atomic E-state index is 10.1. The predicted molar refractivity (Wildman–Crippen MR) is 37.8 cm³/mol. The molecule has 0 spiro atoms. The van der Waals surface area contributed by atoms with Crippen molar-refractivity contribution in [2.75, 3.05) is 19.2 Å². The second-order valence-electron chi connectivity index (χ2n) is 1.72. The summed E-state index contributed by atoms with van der Waals surface area (Å²) in [5.74, 6) is -0.150. The van der Waals surface area contributed by atoms with Crippen LogP contribution in [0.25, 0.3) is 0 Å². The van der Waals surface area contributed by atoms with Gasteiger partial charge in [0, 0.05) is 6.54 Å². The molecule has 60 valence electrons. The van der Waals surface area contributed by atoms with Crippen LogP contribution in [0.3, 0.4) is 0 Å². The van der Waals surface area contributed by atoms with E-state index < -0.39 is 11.1 Å². The van der Waals surface area contributed by atoms with Crippen LogP contribution in [-0.4, -0.2) is 37.9 Å². The third-order valence-corrected chi connectivity index (χ3v) is 1.45. The monoisotopic (exact) mass is 203 g/mol. The minimum absolute atomic E-state index is 0. The molecule has 1 unspecified atom stereocenters. The van der Waals surface area contributed by atoms with E-state index in [-0.39, 0.29) is 64.0 Å². The topological polar surface area (TPSA) is 63.6 Å². The van der Waals surface area contributed by atoms with E-state index in [1.54, 1.807) is 0 Å². The second kappa shape index (κ2) is 9.49. The Morgan fingerprint density at radius 3 is 2.55 bits per heavy atom. The summed E-state index contributed by atoms with van der Waals surface area (Å²) in [6.07, 6.45) is 1.53. The van der Waals surface area contributed by atoms with Gasteiger partial charge in [-0.05, 0) is 11.1 Å². The molecule has 0 saturated heterocycles. The Morgan fingerprint density at radius 1 is 1.73 bits per heavy atom. The molecule has 0 rings (SSSR count). The zero-order valence-electron chi connectivity index (χ0n) is 6.52. The van der Waals surface area contributed by atoms with E-state index in [2.05, 4.69) is 6.58 Å². The molecule has 0 bridgehead atoms. The quantitative estimate of drug-likeness (QED) is 0.216. The molecule has 0 aromatic rings. The Hall–Kier alpha value is 1.41. The molecule has 1 atom stereocenters. The van der Waals surface area contributed by atoms with Gasteiger partial charge in [-0.2, -0.15) is 0 Å². The van der Waals surface area contributed by atoms with E-state index in [4.69, 9.17) is 5.11 Å². The Balaban J connectivity index is 0. The fraction of sp³-hybridized carbons (Fsp3) is 0.600. The van der Waals surface area contributed by atoms with Crippen molar-refractivity contribution in [2.45, 2.75) is 0 Å². The number of hydrogen-bond acceptors (Lipinski definition) is 4. The fourth-order valence-corrected chi connectivity index (χ4v) is 0.968. The van der Waals surface area contributed by atoms with Crippen molar-refractivity contribution in [3.63, 3.8) is 0 Å². The number of aliphatic hydroxyl groups is 1. The Labute approximate surface area is 111 Å². The molecule has 0 aromatic carbocycles. The SMILES string of the molecule is C=CCN(CO)CS(=O)[O-].[K+]. The number of rotatable bonds is 5. The van der Waals surface area contributed by atoms with Crippen molar-refractivity contribution < 1.29 is 65.3 Å². The van der Waals surface area contributed by atoms with Crippen molar-refractivity contribution in [1.82, 2.24) is 4.90 Å². The normalized spacial score (nSPS) is 12.3. The third kappa shape index (κ3) is 9.32. The Morgan fingerprint density at radius 2 is 2.27 bits per heavy atom. The maximum absolute atomic E-state index is 10.1. The second-order valence-corrected chi connectivity index (χ2v) is 2.58. The molecule has 0 aliphatic heterocycles. The van der Waals surface area contributed by atoms with Gasteiger partial charge in [-0.3, -0.25) is 9.11 Å². The van der Waals surface area contributed by atoms with Gasteiger partial charge >= 0.3 is 51.4 Å². The summed E-state index contributed by atoms with van der Waals surface area (Å²) in [6.45, 7) is 3.52. The van der Waals surface area contributed by atoms with Crippen LogP contribution < -0.4 is 51.4 Å². The molecule has 0 aliphatic carbocycles. The summed E-state index contributed by atoms with van der Waals surface area (Å²) < 4.78 is 20.1. The van der Waals surface area contributed by atoms with E-state index in [0.717, 1.165) is 0 Å². The molecule has 4 nitrogen and oxygen atoms in total. The van der Waals surface area contributed by atoms with E-state index in [0.29, 0.717) is 6.54 Å². The van der Waals surface area contributed by atoms with Crippen molar-refractivity contribution in [3.05, 3.63) is 12.7 Å². The maximum Gasteiger partial charge on any atom is 1.00 e. The minimum Gasteiger partial charge on any atom is -0.771 e. The van der Waals surface area contributed by atoms with Gasteiger partial charge < -0.3 is 9.66 Å². The van der Waals surface area contributed by atoms with Crippen LogP contribution in [0.15, 0.2) is 12.7 Å². The van der Waals surface area contributed by atoms with Crippen molar-refractivity contribution in [3.8, 4) is 0 Å². The van der Waals surface area contributed by atoms with Gasteiger partial charge in [-0.1, -0.05) is 6.08 Å². The third-order valence-electron chi connectivity index (χ3n) is 0.875. The van der Waals surface area contributed by atoms with Crippen LogP contribution in [0.4, 0.5) is 0 Å². The smallest absolute Gasteiger partial charge is 0.771 e. The van der Waals surface area contributed by atoms with Gasteiger partial charge in [0.15, 0.2) is 0 Å². The summed E-state index contributed by atoms with van der Waals surface area (Å²) in [5, 5.41) is 8.51. The molecule has 0 fully saturated rings. The number of hydrogen-bond donors (Lipinski definition) is 1. The van der Waals surface area contributed by atoms with Gasteiger partial charge in [0.2, 0.25) is 0 Å². The van der Waals surface area contributed by atoms with Crippen LogP contribution >= 0.6 is 0 Å². The van der Waals surface area contributed by atoms with Crippen molar-refractivity contribution >= 4 is 11.1 Å². The van der Waals surface area contributed by atoms with Crippen LogP contribution in [-0.2, 0) is 11.1 Å². The van der Waals surface area contributed by atoms with Gasteiger partial charge in [-0.15, -0.1) is 6.58 Å². The van der Waals surface area contributed by atoms with Gasteiger partial charge in [0.05, 0.1) is 12.6 Å². The average Bonchev–Trinajstić information content (AvgIpc) is 1.86. The number of aliphatic hydroxyl groups excluding tert-OH is 1. The molecule has 1 N–H and O–H groups in total. The minimum atomic E-state index is -2.13. The average molecular weight is 203 g/mol. The largest absolute Gasteiger partial charge is 1.00 e. The molecule has 0 radical (unpaired) electrons. The summed E-state index contributed by atoms with van der Waals surface area (Å²) in [4.78, 5) is 1.33. The van der Waals surface area contributed by atoms with Gasteiger partial charge in [0.25, 0.3) is 0 Å². The molecule has 6 heteroatoms. The molecule has 0 heterocycles. The molecule has 0 amide bonds. The molecule has 11 heavy (non-hydrogen) atoms. The first-order valence-electron chi connectivity index (χ1n) is 2.70. The van der Waals surface area contributed by atoms with Crippen LogP contribution in [0.2, 0.25) is 0 Å². The molecule has 0 aromatic heterocycles. The zero-order valence-corrected chi connectivity index (χ0v) is 10.5. The predicted octanol–water partition coefficient (Wildman–Crippen LogP) is -3.74. The first-order valence-corrected chi connectivity index (χ1v) is 3.95. The molecule has 0 aliphatic rings. The van der Waals surface area contributed by atoms with Crippen LogP contribution in [0, 0.1) is 0 Å². The van der Waals surface area contributed by atoms with Crippen molar-refractivity contribution in [1.29, 1.82) is 0 Å². The summed E-state index contributed by atoms with van der Waals surface area (Å²) >= 11 is -2.13. The summed E-state index contributed by atoms with van der Waals surface area (Å²) in [6, 6.07) is 0. The van der Waals surface area contributed by atoms with E-state index >= 15 is 0 Å². The Bertz CT molecular complexity index is 133. The Kier molecular flexibility index (Phi) is 12.9. The molecule has 0 saturated carbocycles. The van der Waals surface area contributed by atoms with E-state index in [1.165, 1.54) is 11.0 Å². The van der Waals surface area contributed by atoms with Crippen LogP contribution in [0.1, 0.15) is 0 Å². The first-order chi connectivity index (χ1) is 4.70. The summed E-state index contributed by atoms with van der Waals surface area (Å²) in [5.41, 5.74) is 0. The zero-order chi connectivity index (χ0) is 7.98. The van der Waals surface area contributed by atoms with Crippen LogP contribution in [0.5, 0.6) is 0 Å². The van der Waals surface area contributed by atoms with Gasteiger partial charge in [-0.25, -0.2) is 0 Å². The van der Waals surface area contributed by atoms with E-state index in [1.807, 2.05) is 0 Å². The number of nitrogens with zero attached hydrogens (tertiary/aromatic N) is 1. The van der Waals surface area contributed by atoms with E-state index in [9.17, 15) is 8.76 Å². The fourth-order valence-electron chi connectivity index (χ4n) is 0.483. The first kappa shape index (κ1) is 14.9. The molecular formula is C5H10KNO3S. The van der Waals surface area contributed by atoms with Crippen molar-refractivity contribution in [2.24, 2.45) is 0 Å². The standard InChI is InChI=1S/C5H11NO3S.K/c1-2-3-6(4-7)5-10(8)9;/h2,7H,1,3-5H2,(H,8,9);/q;+1/p-1. The van der Waals surface area contributed by atoms with Gasteiger partial charge in [0.1, 0.15) is 0 Å².